The molecule has 2 nitrogen and oxygen atoms in total. The molecule has 0 bridgehead atoms. The van der Waals surface area contributed by atoms with Crippen LogP contribution in [0.4, 0.5) is 5.69 Å². The SMILES string of the molecule is CC1CCC(N(C)c2ccc(CNC(C)C)cc2Cl)CC1. The van der Waals surface area contributed by atoms with Crippen molar-refractivity contribution in [2.24, 2.45) is 5.92 Å². The Kier molecular flexibility index (Phi) is 5.95. The summed E-state index contributed by atoms with van der Waals surface area (Å²) in [7, 11) is 2.19. The van der Waals surface area contributed by atoms with Crippen LogP contribution < -0.4 is 10.2 Å². The van der Waals surface area contributed by atoms with E-state index in [1.54, 1.807) is 0 Å². The zero-order chi connectivity index (χ0) is 15.4. The highest BCUT2D eigenvalue weighted by Crippen LogP contribution is 2.33. The molecule has 3 heteroatoms. The first-order valence-corrected chi connectivity index (χ1v) is 8.59. The van der Waals surface area contributed by atoms with Crippen LogP contribution in [0.1, 0.15) is 52.0 Å². The van der Waals surface area contributed by atoms with Gasteiger partial charge in [-0.3, -0.25) is 0 Å². The minimum absolute atomic E-state index is 0.496. The fourth-order valence-corrected chi connectivity index (χ4v) is 3.43. The molecule has 0 aliphatic heterocycles. The molecule has 0 aromatic heterocycles. The maximum Gasteiger partial charge on any atom is 0.0642 e. The van der Waals surface area contributed by atoms with Crippen molar-refractivity contribution in [3.63, 3.8) is 0 Å². The Morgan fingerprint density at radius 3 is 2.48 bits per heavy atom. The predicted octanol–water partition coefficient (Wildman–Crippen LogP) is 4.85. The van der Waals surface area contributed by atoms with Crippen molar-refractivity contribution in [1.29, 1.82) is 0 Å². The summed E-state index contributed by atoms with van der Waals surface area (Å²) >= 11 is 6.52. The summed E-state index contributed by atoms with van der Waals surface area (Å²) in [6.07, 6.45) is 5.24. The molecule has 0 spiro atoms. The number of hydrogen-bond donors (Lipinski definition) is 1. The number of rotatable bonds is 5. The third-order valence-electron chi connectivity index (χ3n) is 4.64. The lowest BCUT2D eigenvalue weighted by Gasteiger charge is -2.35. The monoisotopic (exact) mass is 308 g/mol. The highest BCUT2D eigenvalue weighted by molar-refractivity contribution is 6.33. The summed E-state index contributed by atoms with van der Waals surface area (Å²) in [5.74, 6) is 0.884. The van der Waals surface area contributed by atoms with Gasteiger partial charge in [0.15, 0.2) is 0 Å². The van der Waals surface area contributed by atoms with E-state index in [1.807, 2.05) is 0 Å². The molecular formula is C18H29ClN2. The lowest BCUT2D eigenvalue weighted by atomic mass is 9.86. The lowest BCUT2D eigenvalue weighted by Crippen LogP contribution is -2.35. The van der Waals surface area contributed by atoms with Gasteiger partial charge in [0, 0.05) is 25.7 Å². The molecule has 1 aliphatic carbocycles. The average molecular weight is 309 g/mol. The summed E-state index contributed by atoms with van der Waals surface area (Å²) in [5, 5.41) is 4.31. The summed E-state index contributed by atoms with van der Waals surface area (Å²) in [6, 6.07) is 7.61. The highest BCUT2D eigenvalue weighted by atomic mass is 35.5. The first-order valence-electron chi connectivity index (χ1n) is 8.22. The molecule has 0 saturated heterocycles. The Hall–Kier alpha value is -0.730. The second-order valence-electron chi connectivity index (χ2n) is 6.85. The maximum atomic E-state index is 6.52. The molecule has 118 valence electrons. The molecule has 0 amide bonds. The largest absolute Gasteiger partial charge is 0.370 e. The van der Waals surface area contributed by atoms with Crippen molar-refractivity contribution in [1.82, 2.24) is 5.32 Å². The third kappa shape index (κ3) is 4.62. The van der Waals surface area contributed by atoms with E-state index in [9.17, 15) is 0 Å². The van der Waals surface area contributed by atoms with E-state index >= 15 is 0 Å². The van der Waals surface area contributed by atoms with E-state index in [2.05, 4.69) is 56.2 Å². The van der Waals surface area contributed by atoms with Crippen LogP contribution in [0, 0.1) is 5.92 Å². The van der Waals surface area contributed by atoms with Gasteiger partial charge in [-0.1, -0.05) is 38.4 Å². The smallest absolute Gasteiger partial charge is 0.0642 e. The minimum Gasteiger partial charge on any atom is -0.370 e. The molecule has 0 unspecified atom stereocenters. The molecule has 0 atom stereocenters. The van der Waals surface area contributed by atoms with Crippen LogP contribution in [0.25, 0.3) is 0 Å². The Balaban J connectivity index is 2.02. The van der Waals surface area contributed by atoms with Crippen LogP contribution in [0.15, 0.2) is 18.2 Å². The summed E-state index contributed by atoms with van der Waals surface area (Å²) in [5.41, 5.74) is 2.42. The molecule has 1 fully saturated rings. The normalized spacial score (nSPS) is 22.6. The molecule has 1 aromatic carbocycles. The van der Waals surface area contributed by atoms with Crippen LogP contribution in [0.2, 0.25) is 5.02 Å². The van der Waals surface area contributed by atoms with Crippen molar-refractivity contribution in [3.05, 3.63) is 28.8 Å². The van der Waals surface area contributed by atoms with Crippen LogP contribution in [-0.4, -0.2) is 19.1 Å². The molecule has 1 N–H and O–H groups in total. The predicted molar refractivity (Wildman–Crippen MR) is 93.3 cm³/mol. The Bertz CT molecular complexity index is 451. The number of benzene rings is 1. The van der Waals surface area contributed by atoms with Gasteiger partial charge in [-0.05, 0) is 49.3 Å². The molecule has 1 aromatic rings. The maximum absolute atomic E-state index is 6.52. The summed E-state index contributed by atoms with van der Waals surface area (Å²) < 4.78 is 0. The summed E-state index contributed by atoms with van der Waals surface area (Å²) in [6.45, 7) is 7.56. The van der Waals surface area contributed by atoms with Crippen molar-refractivity contribution in [3.8, 4) is 0 Å². The van der Waals surface area contributed by atoms with Gasteiger partial charge in [-0.2, -0.15) is 0 Å². The van der Waals surface area contributed by atoms with Crippen molar-refractivity contribution < 1.29 is 0 Å². The topological polar surface area (TPSA) is 15.3 Å². The molecule has 1 saturated carbocycles. The van der Waals surface area contributed by atoms with Gasteiger partial charge in [0.2, 0.25) is 0 Å². The minimum atomic E-state index is 0.496. The molecule has 0 heterocycles. The van der Waals surface area contributed by atoms with Crippen molar-refractivity contribution in [2.75, 3.05) is 11.9 Å². The van der Waals surface area contributed by atoms with Crippen molar-refractivity contribution >= 4 is 17.3 Å². The number of anilines is 1. The van der Waals surface area contributed by atoms with E-state index in [0.717, 1.165) is 17.5 Å². The fourth-order valence-electron chi connectivity index (χ4n) is 3.09. The standard InChI is InChI=1S/C18H29ClN2/c1-13(2)20-12-15-7-10-18(17(19)11-15)21(4)16-8-5-14(3)6-9-16/h7,10-11,13-14,16,20H,5-6,8-9,12H2,1-4H3. The van der Waals surface area contributed by atoms with Gasteiger partial charge in [0.05, 0.1) is 10.7 Å². The van der Waals surface area contributed by atoms with Crippen LogP contribution in [0.3, 0.4) is 0 Å². The molecule has 0 radical (unpaired) electrons. The average Bonchev–Trinajstić information content (AvgIpc) is 2.45. The number of hydrogen-bond acceptors (Lipinski definition) is 2. The van der Waals surface area contributed by atoms with Crippen LogP contribution in [0.5, 0.6) is 0 Å². The fraction of sp³-hybridized carbons (Fsp3) is 0.667. The lowest BCUT2D eigenvalue weighted by molar-refractivity contribution is 0.341. The van der Waals surface area contributed by atoms with Gasteiger partial charge in [-0.15, -0.1) is 0 Å². The Morgan fingerprint density at radius 1 is 1.24 bits per heavy atom. The summed E-state index contributed by atoms with van der Waals surface area (Å²) in [4.78, 5) is 2.38. The molecule has 2 rings (SSSR count). The van der Waals surface area contributed by atoms with E-state index in [4.69, 9.17) is 11.6 Å². The second kappa shape index (κ2) is 7.51. The number of nitrogens with one attached hydrogen (secondary N) is 1. The van der Waals surface area contributed by atoms with Gasteiger partial charge in [0.1, 0.15) is 0 Å². The van der Waals surface area contributed by atoms with Gasteiger partial charge in [-0.25, -0.2) is 0 Å². The van der Waals surface area contributed by atoms with Crippen LogP contribution in [-0.2, 0) is 6.54 Å². The van der Waals surface area contributed by atoms with E-state index < -0.39 is 0 Å². The van der Waals surface area contributed by atoms with E-state index in [1.165, 1.54) is 36.9 Å². The molecule has 1 aliphatic rings. The second-order valence-corrected chi connectivity index (χ2v) is 7.25. The molecular weight excluding hydrogens is 280 g/mol. The quantitative estimate of drug-likeness (QED) is 0.836. The van der Waals surface area contributed by atoms with E-state index in [0.29, 0.717) is 12.1 Å². The third-order valence-corrected chi connectivity index (χ3v) is 4.94. The van der Waals surface area contributed by atoms with Gasteiger partial charge >= 0.3 is 0 Å². The Morgan fingerprint density at radius 2 is 1.90 bits per heavy atom. The first kappa shape index (κ1) is 16.6. The first-order chi connectivity index (χ1) is 9.97. The van der Waals surface area contributed by atoms with Crippen molar-refractivity contribution in [2.45, 2.75) is 65.1 Å². The number of halogens is 1. The van der Waals surface area contributed by atoms with E-state index in [-0.39, 0.29) is 0 Å². The Labute approximate surface area is 134 Å². The zero-order valence-corrected chi connectivity index (χ0v) is 14.6. The zero-order valence-electron chi connectivity index (χ0n) is 13.8. The van der Waals surface area contributed by atoms with Gasteiger partial charge < -0.3 is 10.2 Å². The highest BCUT2D eigenvalue weighted by Gasteiger charge is 2.23. The van der Waals surface area contributed by atoms with Gasteiger partial charge in [0.25, 0.3) is 0 Å². The molecule has 21 heavy (non-hydrogen) atoms. The number of nitrogens with zero attached hydrogens (tertiary/aromatic N) is 1. The van der Waals surface area contributed by atoms with Crippen LogP contribution >= 0.6 is 11.6 Å².